The zero-order valence-electron chi connectivity index (χ0n) is 12.8. The Morgan fingerprint density at radius 1 is 1.33 bits per heavy atom. The maximum absolute atomic E-state index is 12.3. The lowest BCUT2D eigenvalue weighted by atomic mass is 9.97. The van der Waals surface area contributed by atoms with E-state index in [9.17, 15) is 9.59 Å². The highest BCUT2D eigenvalue weighted by Gasteiger charge is 2.28. The highest BCUT2D eigenvalue weighted by Crippen LogP contribution is 2.19. The third-order valence-corrected chi connectivity index (χ3v) is 4.10. The summed E-state index contributed by atoms with van der Waals surface area (Å²) in [6.45, 7) is 5.02. The van der Waals surface area contributed by atoms with E-state index in [0.717, 1.165) is 11.4 Å². The molecule has 0 aromatic carbocycles. The molecule has 1 aromatic heterocycles. The number of hydrogen-bond donors (Lipinski definition) is 1. The van der Waals surface area contributed by atoms with Crippen molar-refractivity contribution in [2.45, 2.75) is 33.2 Å². The number of amides is 1. The largest absolute Gasteiger partial charge is 0.469 e. The fourth-order valence-electron chi connectivity index (χ4n) is 2.62. The number of nitrogens with zero attached hydrogens (tertiary/aromatic N) is 3. The molecule has 2 heterocycles. The van der Waals surface area contributed by atoms with Crippen LogP contribution in [0.5, 0.6) is 0 Å². The summed E-state index contributed by atoms with van der Waals surface area (Å²) >= 11 is 0. The molecule has 1 aliphatic rings. The van der Waals surface area contributed by atoms with Gasteiger partial charge < -0.3 is 15.4 Å². The molecule has 1 aromatic rings. The first kappa shape index (κ1) is 15.3. The standard InChI is InChI=1S/C14H22N4O3/c1-9-13(15)10(2)18(16-9)8-12(19)17-6-4-11(5-7-17)14(20)21-3/h11H,4-8,15H2,1-3H3. The van der Waals surface area contributed by atoms with Crippen molar-refractivity contribution in [2.75, 3.05) is 25.9 Å². The molecule has 0 spiro atoms. The molecule has 0 atom stereocenters. The zero-order valence-corrected chi connectivity index (χ0v) is 12.8. The zero-order chi connectivity index (χ0) is 15.6. The second kappa shape index (κ2) is 6.15. The number of nitrogen functional groups attached to an aromatic ring is 1. The van der Waals surface area contributed by atoms with Gasteiger partial charge in [0.1, 0.15) is 6.54 Å². The number of likely N-dealkylation sites (tertiary alicyclic amines) is 1. The Balaban J connectivity index is 1.93. The number of carbonyl (C=O) groups is 2. The van der Waals surface area contributed by atoms with Crippen LogP contribution in [-0.4, -0.2) is 46.8 Å². The maximum atomic E-state index is 12.3. The first-order valence-electron chi connectivity index (χ1n) is 7.09. The van der Waals surface area contributed by atoms with Gasteiger partial charge in [0.05, 0.1) is 30.1 Å². The third kappa shape index (κ3) is 3.17. The minimum absolute atomic E-state index is 0.00363. The van der Waals surface area contributed by atoms with E-state index in [0.29, 0.717) is 31.6 Å². The quantitative estimate of drug-likeness (QED) is 0.820. The van der Waals surface area contributed by atoms with Crippen LogP contribution in [0.1, 0.15) is 24.2 Å². The number of aryl methyl sites for hydroxylation is 1. The molecule has 2 N–H and O–H groups in total. The van der Waals surface area contributed by atoms with Crippen LogP contribution in [-0.2, 0) is 20.9 Å². The van der Waals surface area contributed by atoms with Gasteiger partial charge in [0.25, 0.3) is 0 Å². The van der Waals surface area contributed by atoms with Gasteiger partial charge in [0, 0.05) is 13.1 Å². The molecule has 2 rings (SSSR count). The number of piperidine rings is 1. The van der Waals surface area contributed by atoms with Crippen LogP contribution in [0.2, 0.25) is 0 Å². The second-order valence-corrected chi connectivity index (χ2v) is 5.42. The van der Waals surface area contributed by atoms with E-state index in [1.54, 1.807) is 9.58 Å². The number of hydrogen-bond acceptors (Lipinski definition) is 5. The number of methoxy groups -OCH3 is 1. The number of ether oxygens (including phenoxy) is 1. The number of nitrogens with two attached hydrogens (primary N) is 1. The Hall–Kier alpha value is -2.05. The van der Waals surface area contributed by atoms with Crippen LogP contribution in [0.3, 0.4) is 0 Å². The summed E-state index contributed by atoms with van der Waals surface area (Å²) in [4.78, 5) is 25.5. The first-order chi connectivity index (χ1) is 9.93. The summed E-state index contributed by atoms with van der Waals surface area (Å²) in [5, 5.41) is 4.27. The topological polar surface area (TPSA) is 90.5 Å². The maximum Gasteiger partial charge on any atom is 0.308 e. The molecule has 0 unspecified atom stereocenters. The van der Waals surface area contributed by atoms with Crippen LogP contribution in [0.15, 0.2) is 0 Å². The van der Waals surface area contributed by atoms with Crippen LogP contribution < -0.4 is 5.73 Å². The van der Waals surface area contributed by atoms with Gasteiger partial charge in [0.15, 0.2) is 0 Å². The Kier molecular flexibility index (Phi) is 4.50. The Bertz CT molecular complexity index is 545. The van der Waals surface area contributed by atoms with Crippen molar-refractivity contribution in [3.05, 3.63) is 11.4 Å². The van der Waals surface area contributed by atoms with Crippen molar-refractivity contribution in [2.24, 2.45) is 5.92 Å². The van der Waals surface area contributed by atoms with Crippen molar-refractivity contribution in [1.29, 1.82) is 0 Å². The lowest BCUT2D eigenvalue weighted by molar-refractivity contribution is -0.149. The number of aromatic nitrogens is 2. The lowest BCUT2D eigenvalue weighted by Crippen LogP contribution is -2.42. The molecule has 116 valence electrons. The van der Waals surface area contributed by atoms with Crippen LogP contribution >= 0.6 is 0 Å². The van der Waals surface area contributed by atoms with Gasteiger partial charge in [-0.1, -0.05) is 0 Å². The monoisotopic (exact) mass is 294 g/mol. The fraction of sp³-hybridized carbons (Fsp3) is 0.643. The average Bonchev–Trinajstić information content (AvgIpc) is 2.74. The molecular weight excluding hydrogens is 272 g/mol. The number of carbonyl (C=O) groups excluding carboxylic acids is 2. The van der Waals surface area contributed by atoms with Gasteiger partial charge in [-0.25, -0.2) is 0 Å². The predicted molar refractivity (Wildman–Crippen MR) is 77.4 cm³/mol. The Morgan fingerprint density at radius 2 is 1.95 bits per heavy atom. The molecule has 21 heavy (non-hydrogen) atoms. The van der Waals surface area contributed by atoms with E-state index in [4.69, 9.17) is 10.5 Å². The summed E-state index contributed by atoms with van der Waals surface area (Å²) in [6.07, 6.45) is 1.30. The highest BCUT2D eigenvalue weighted by atomic mass is 16.5. The van der Waals surface area contributed by atoms with Crippen molar-refractivity contribution in [3.63, 3.8) is 0 Å². The van der Waals surface area contributed by atoms with Crippen LogP contribution in [0.4, 0.5) is 5.69 Å². The summed E-state index contributed by atoms with van der Waals surface area (Å²) in [5.41, 5.74) is 8.05. The van der Waals surface area contributed by atoms with Gasteiger partial charge in [-0.05, 0) is 26.7 Å². The second-order valence-electron chi connectivity index (χ2n) is 5.42. The average molecular weight is 294 g/mol. The molecule has 7 nitrogen and oxygen atoms in total. The van der Waals surface area contributed by atoms with E-state index < -0.39 is 0 Å². The summed E-state index contributed by atoms with van der Waals surface area (Å²) in [5.74, 6) is -0.277. The van der Waals surface area contributed by atoms with Gasteiger partial charge in [-0.3, -0.25) is 14.3 Å². The molecule has 0 radical (unpaired) electrons. The van der Waals surface area contributed by atoms with E-state index in [1.807, 2.05) is 13.8 Å². The predicted octanol–water partition coefficient (Wildman–Crippen LogP) is 0.494. The Morgan fingerprint density at radius 3 is 2.43 bits per heavy atom. The van der Waals surface area contributed by atoms with Gasteiger partial charge in [-0.2, -0.15) is 5.10 Å². The fourth-order valence-corrected chi connectivity index (χ4v) is 2.62. The molecular formula is C14H22N4O3. The summed E-state index contributed by atoms with van der Waals surface area (Å²) in [7, 11) is 1.40. The summed E-state index contributed by atoms with van der Waals surface area (Å²) < 4.78 is 6.38. The number of rotatable bonds is 3. The highest BCUT2D eigenvalue weighted by molar-refractivity contribution is 5.77. The minimum Gasteiger partial charge on any atom is -0.469 e. The van der Waals surface area contributed by atoms with Crippen molar-refractivity contribution >= 4 is 17.6 Å². The molecule has 1 fully saturated rings. The molecule has 0 aliphatic carbocycles. The van der Waals surface area contributed by atoms with E-state index >= 15 is 0 Å². The van der Waals surface area contributed by atoms with Gasteiger partial charge in [-0.15, -0.1) is 0 Å². The molecule has 0 saturated carbocycles. The van der Waals surface area contributed by atoms with E-state index in [-0.39, 0.29) is 24.3 Å². The van der Waals surface area contributed by atoms with Gasteiger partial charge in [0.2, 0.25) is 5.91 Å². The molecule has 0 bridgehead atoms. The lowest BCUT2D eigenvalue weighted by Gasteiger charge is -2.30. The Labute approximate surface area is 124 Å². The third-order valence-electron chi connectivity index (χ3n) is 4.10. The van der Waals surface area contributed by atoms with Crippen LogP contribution in [0, 0.1) is 19.8 Å². The van der Waals surface area contributed by atoms with Crippen molar-refractivity contribution < 1.29 is 14.3 Å². The smallest absolute Gasteiger partial charge is 0.308 e. The van der Waals surface area contributed by atoms with Crippen LogP contribution in [0.25, 0.3) is 0 Å². The SMILES string of the molecule is COC(=O)C1CCN(C(=O)Cn2nc(C)c(N)c2C)CC1. The first-order valence-corrected chi connectivity index (χ1v) is 7.09. The van der Waals surface area contributed by atoms with Crippen molar-refractivity contribution in [3.8, 4) is 0 Å². The summed E-state index contributed by atoms with van der Waals surface area (Å²) in [6, 6.07) is 0. The van der Waals surface area contributed by atoms with E-state index in [1.165, 1.54) is 7.11 Å². The van der Waals surface area contributed by atoms with Crippen molar-refractivity contribution in [1.82, 2.24) is 14.7 Å². The molecule has 1 saturated heterocycles. The normalized spacial score (nSPS) is 16.0. The molecule has 1 amide bonds. The van der Waals surface area contributed by atoms with Gasteiger partial charge >= 0.3 is 5.97 Å². The molecule has 1 aliphatic heterocycles. The molecule has 7 heteroatoms. The van der Waals surface area contributed by atoms with E-state index in [2.05, 4.69) is 5.10 Å². The number of anilines is 1. The number of esters is 1. The minimum atomic E-state index is -0.187.